The molecule has 2 aromatic rings. The smallest absolute Gasteiger partial charge is 0.416 e. The molecule has 0 aromatic heterocycles. The minimum atomic E-state index is -4.31. The molecule has 0 amide bonds. The van der Waals surface area contributed by atoms with Crippen LogP contribution in [0.5, 0.6) is 11.5 Å². The zero-order chi connectivity index (χ0) is 22.9. The Morgan fingerprint density at radius 2 is 1.77 bits per heavy atom. The maximum absolute atomic E-state index is 12.6. The van der Waals surface area contributed by atoms with E-state index in [1.807, 2.05) is 19.1 Å². The summed E-state index contributed by atoms with van der Waals surface area (Å²) in [5.74, 6) is 1.59. The molecule has 2 aromatic carbocycles. The van der Waals surface area contributed by atoms with Crippen LogP contribution in [0.3, 0.4) is 0 Å². The highest BCUT2D eigenvalue weighted by Crippen LogP contribution is 2.31. The van der Waals surface area contributed by atoms with Gasteiger partial charge in [0.1, 0.15) is 22.6 Å². The van der Waals surface area contributed by atoms with Gasteiger partial charge in [0.2, 0.25) is 0 Å². The molecule has 0 aliphatic carbocycles. The average Bonchev–Trinajstić information content (AvgIpc) is 2.70. The highest BCUT2D eigenvalue weighted by molar-refractivity contribution is 6.55. The van der Waals surface area contributed by atoms with Crippen molar-refractivity contribution in [1.82, 2.24) is 0 Å². The molecule has 0 aliphatic rings. The van der Waals surface area contributed by atoms with Gasteiger partial charge in [-0.05, 0) is 79.8 Å². The summed E-state index contributed by atoms with van der Waals surface area (Å²) in [6, 6.07) is 8.90. The third-order valence-electron chi connectivity index (χ3n) is 4.55. The highest BCUT2D eigenvalue weighted by Gasteiger charge is 2.29. The van der Waals surface area contributed by atoms with Gasteiger partial charge in [-0.3, -0.25) is 0 Å². The molecule has 8 heteroatoms. The fraction of sp³-hybridized carbons (Fsp3) is 0.391. The first-order valence-corrected chi connectivity index (χ1v) is 10.8. The monoisotopic (exact) mass is 475 g/mol. The second kappa shape index (κ2) is 12.1. The Hall–Kier alpha value is -2.05. The van der Waals surface area contributed by atoms with Crippen molar-refractivity contribution in [3.8, 4) is 11.5 Å². The third-order valence-corrected chi connectivity index (χ3v) is 4.86. The van der Waals surface area contributed by atoms with E-state index in [1.54, 1.807) is 6.08 Å². The van der Waals surface area contributed by atoms with E-state index in [-0.39, 0.29) is 11.1 Å². The van der Waals surface area contributed by atoms with Crippen LogP contribution in [0.25, 0.3) is 0 Å². The molecule has 0 spiro atoms. The van der Waals surface area contributed by atoms with Crippen LogP contribution < -0.4 is 14.8 Å². The molecular formula is C23H26Cl2F3NO2. The van der Waals surface area contributed by atoms with Crippen LogP contribution in [-0.4, -0.2) is 19.8 Å². The van der Waals surface area contributed by atoms with Crippen molar-refractivity contribution in [2.24, 2.45) is 0 Å². The zero-order valence-corrected chi connectivity index (χ0v) is 19.0. The number of rotatable bonds is 11. The van der Waals surface area contributed by atoms with Crippen molar-refractivity contribution in [2.75, 3.05) is 25.1 Å². The Morgan fingerprint density at radius 3 is 2.39 bits per heavy atom. The third kappa shape index (κ3) is 8.54. The number of hydrogen-bond donors (Lipinski definition) is 1. The summed E-state index contributed by atoms with van der Waals surface area (Å²) in [4.78, 5) is 0. The van der Waals surface area contributed by atoms with Crippen molar-refractivity contribution in [2.45, 2.75) is 39.3 Å². The molecule has 0 bridgehead atoms. The highest BCUT2D eigenvalue weighted by atomic mass is 35.5. The maximum atomic E-state index is 12.6. The molecule has 0 aliphatic heterocycles. The van der Waals surface area contributed by atoms with E-state index in [2.05, 4.69) is 12.2 Å². The molecule has 1 N–H and O–H groups in total. The normalized spacial score (nSPS) is 11.2. The Balaban J connectivity index is 1.78. The van der Waals surface area contributed by atoms with E-state index < -0.39 is 11.7 Å². The van der Waals surface area contributed by atoms with Gasteiger partial charge in [0.25, 0.3) is 0 Å². The Kier molecular flexibility index (Phi) is 9.85. The number of unbranched alkanes of at least 4 members (excludes halogenated alkanes) is 1. The number of aryl methyl sites for hydroxylation is 2. The fourth-order valence-electron chi connectivity index (χ4n) is 2.98. The predicted molar refractivity (Wildman–Crippen MR) is 121 cm³/mol. The van der Waals surface area contributed by atoms with Crippen molar-refractivity contribution in [3.63, 3.8) is 0 Å². The van der Waals surface area contributed by atoms with Crippen LogP contribution in [-0.2, 0) is 12.6 Å². The standard InChI is InChI=1S/C23H26Cl2F3NO2/c1-3-17-15-20(30-13-10-21(24)25)14-16(2)22(17)31-12-5-4-11-29-19-8-6-18(7-9-19)23(26,27)28/h6-10,14-15,29H,3-5,11-13H2,1-2H3. The number of anilines is 1. The van der Waals surface area contributed by atoms with Gasteiger partial charge in [-0.15, -0.1) is 0 Å². The van der Waals surface area contributed by atoms with Gasteiger partial charge in [-0.25, -0.2) is 0 Å². The summed E-state index contributed by atoms with van der Waals surface area (Å²) < 4.78 is 49.6. The van der Waals surface area contributed by atoms with Gasteiger partial charge in [-0.1, -0.05) is 30.1 Å². The average molecular weight is 476 g/mol. The summed E-state index contributed by atoms with van der Waals surface area (Å²) in [5, 5.41) is 3.13. The topological polar surface area (TPSA) is 30.5 Å². The van der Waals surface area contributed by atoms with Crippen LogP contribution in [0.15, 0.2) is 47.0 Å². The van der Waals surface area contributed by atoms with Gasteiger partial charge in [-0.2, -0.15) is 13.2 Å². The van der Waals surface area contributed by atoms with Gasteiger partial charge in [0.05, 0.1) is 12.2 Å². The lowest BCUT2D eigenvalue weighted by molar-refractivity contribution is -0.137. The van der Waals surface area contributed by atoms with Gasteiger partial charge in [0, 0.05) is 12.2 Å². The second-order valence-electron chi connectivity index (χ2n) is 6.94. The molecule has 0 atom stereocenters. The van der Waals surface area contributed by atoms with E-state index in [4.69, 9.17) is 32.7 Å². The number of halogens is 5. The van der Waals surface area contributed by atoms with Crippen molar-refractivity contribution in [3.05, 3.63) is 63.7 Å². The summed E-state index contributed by atoms with van der Waals surface area (Å²) >= 11 is 11.2. The predicted octanol–water partition coefficient (Wildman–Crippen LogP) is 7.55. The van der Waals surface area contributed by atoms with Crippen molar-refractivity contribution < 1.29 is 22.6 Å². The quantitative estimate of drug-likeness (QED) is 0.340. The van der Waals surface area contributed by atoms with Gasteiger partial charge >= 0.3 is 6.18 Å². The number of benzene rings is 2. The molecule has 0 saturated heterocycles. The first kappa shape index (κ1) is 25.2. The lowest BCUT2D eigenvalue weighted by atomic mass is 10.1. The van der Waals surface area contributed by atoms with Crippen LogP contribution in [0.2, 0.25) is 0 Å². The molecule has 0 fully saturated rings. The molecule has 2 rings (SSSR count). The molecule has 0 radical (unpaired) electrons. The lowest BCUT2D eigenvalue weighted by Crippen LogP contribution is -2.07. The maximum Gasteiger partial charge on any atom is 0.416 e. The number of nitrogens with one attached hydrogen (secondary N) is 1. The Labute approximate surface area is 191 Å². The van der Waals surface area contributed by atoms with E-state index in [0.717, 1.165) is 54.0 Å². The lowest BCUT2D eigenvalue weighted by Gasteiger charge is -2.16. The van der Waals surface area contributed by atoms with Gasteiger partial charge in [0.15, 0.2) is 0 Å². The van der Waals surface area contributed by atoms with E-state index in [9.17, 15) is 13.2 Å². The van der Waals surface area contributed by atoms with E-state index in [0.29, 0.717) is 18.8 Å². The molecule has 170 valence electrons. The first-order chi connectivity index (χ1) is 14.7. The molecule has 0 saturated carbocycles. The molecule has 3 nitrogen and oxygen atoms in total. The number of hydrogen-bond acceptors (Lipinski definition) is 3. The largest absolute Gasteiger partial charge is 0.493 e. The Bertz CT molecular complexity index is 864. The molecular weight excluding hydrogens is 450 g/mol. The Morgan fingerprint density at radius 1 is 1.06 bits per heavy atom. The fourth-order valence-corrected chi connectivity index (χ4v) is 3.10. The summed E-state index contributed by atoms with van der Waals surface area (Å²) in [6.45, 7) is 5.51. The minimum Gasteiger partial charge on any atom is -0.493 e. The van der Waals surface area contributed by atoms with Crippen molar-refractivity contribution in [1.29, 1.82) is 0 Å². The van der Waals surface area contributed by atoms with E-state index in [1.165, 1.54) is 12.1 Å². The van der Waals surface area contributed by atoms with Gasteiger partial charge < -0.3 is 14.8 Å². The summed E-state index contributed by atoms with van der Waals surface area (Å²) in [7, 11) is 0. The zero-order valence-electron chi connectivity index (χ0n) is 17.5. The second-order valence-corrected chi connectivity index (χ2v) is 7.95. The van der Waals surface area contributed by atoms with Crippen LogP contribution in [0, 0.1) is 6.92 Å². The summed E-state index contributed by atoms with van der Waals surface area (Å²) in [5.41, 5.74) is 2.06. The minimum absolute atomic E-state index is 0.167. The molecule has 0 heterocycles. The molecule has 31 heavy (non-hydrogen) atoms. The SMILES string of the molecule is CCc1cc(OCC=C(Cl)Cl)cc(C)c1OCCCCNc1ccc(C(F)(F)F)cc1. The number of alkyl halides is 3. The van der Waals surface area contributed by atoms with Crippen LogP contribution >= 0.6 is 23.2 Å². The summed E-state index contributed by atoms with van der Waals surface area (Å²) in [6.07, 6.45) is -0.297. The first-order valence-electron chi connectivity index (χ1n) is 10.0. The van der Waals surface area contributed by atoms with Crippen molar-refractivity contribution >= 4 is 28.9 Å². The van der Waals surface area contributed by atoms with Crippen LogP contribution in [0.4, 0.5) is 18.9 Å². The number of ether oxygens (including phenoxy) is 2. The molecule has 0 unspecified atom stereocenters. The van der Waals surface area contributed by atoms with Crippen LogP contribution in [0.1, 0.15) is 36.5 Å². The van der Waals surface area contributed by atoms with E-state index >= 15 is 0 Å².